The van der Waals surface area contributed by atoms with Crippen LogP contribution in [0, 0.1) is 33.5 Å². The molecule has 4 aliphatic rings. The number of guanidine groups is 1. The summed E-state index contributed by atoms with van der Waals surface area (Å²) in [5, 5.41) is 24.3. The van der Waals surface area contributed by atoms with Crippen LogP contribution in [0.25, 0.3) is 0 Å². The third-order valence-corrected chi connectivity index (χ3v) is 9.36. The van der Waals surface area contributed by atoms with E-state index in [0.717, 1.165) is 12.8 Å². The van der Waals surface area contributed by atoms with E-state index in [1.807, 2.05) is 5.43 Å². The van der Waals surface area contributed by atoms with Crippen LogP contribution in [0.2, 0.25) is 0 Å². The van der Waals surface area contributed by atoms with E-state index in [1.54, 1.807) is 18.4 Å². The summed E-state index contributed by atoms with van der Waals surface area (Å²) < 4.78 is 18.5. The van der Waals surface area contributed by atoms with Gasteiger partial charge < -0.3 is 29.7 Å². The second-order valence-corrected chi connectivity index (χ2v) is 13.1. The lowest BCUT2D eigenvalue weighted by molar-refractivity contribution is -0.822. The number of carbonyl (C=O) groups is 2. The van der Waals surface area contributed by atoms with Crippen molar-refractivity contribution in [1.29, 1.82) is 5.41 Å². The predicted octanol–water partition coefficient (Wildman–Crippen LogP) is 2.47. The lowest BCUT2D eigenvalue weighted by Crippen LogP contribution is -2.65. The normalized spacial score (nSPS) is 26.9. The van der Waals surface area contributed by atoms with E-state index in [4.69, 9.17) is 24.3 Å². The van der Waals surface area contributed by atoms with Gasteiger partial charge in [-0.2, -0.15) is 0 Å². The highest BCUT2D eigenvalue weighted by molar-refractivity contribution is 6.48. The van der Waals surface area contributed by atoms with Gasteiger partial charge in [-0.1, -0.05) is 27.7 Å². The molecular formula is C28H46BN6O7+. The van der Waals surface area contributed by atoms with Crippen LogP contribution in [-0.4, -0.2) is 65.4 Å². The summed E-state index contributed by atoms with van der Waals surface area (Å²) in [6.07, 6.45) is 5.50. The highest BCUT2D eigenvalue weighted by Crippen LogP contribution is 2.65. The first-order valence-electron chi connectivity index (χ1n) is 15.0. The van der Waals surface area contributed by atoms with E-state index in [9.17, 15) is 14.5 Å². The number of hydrogen-bond donors (Lipinski definition) is 6. The molecule has 0 radical (unpaired) electrons. The Balaban J connectivity index is 1.40. The molecule has 3 aliphatic carbocycles. The van der Waals surface area contributed by atoms with Crippen LogP contribution in [0.15, 0.2) is 22.8 Å². The Hall–Kier alpha value is -3.13. The average Bonchev–Trinajstić information content (AvgIpc) is 3.55. The molecule has 1 aliphatic heterocycles. The second-order valence-electron chi connectivity index (χ2n) is 13.1. The first kappa shape index (κ1) is 31.8. The van der Waals surface area contributed by atoms with Crippen molar-refractivity contribution >= 4 is 24.9 Å². The Labute approximate surface area is 247 Å². The zero-order chi connectivity index (χ0) is 30.7. The van der Waals surface area contributed by atoms with Crippen molar-refractivity contribution in [2.24, 2.45) is 23.2 Å². The molecule has 6 N–H and O–H groups in total. The van der Waals surface area contributed by atoms with Crippen LogP contribution in [-0.2, 0) is 25.3 Å². The van der Waals surface area contributed by atoms with Crippen molar-refractivity contribution in [3.8, 4) is 0 Å². The average molecular weight is 590 g/mol. The molecular weight excluding hydrogens is 543 g/mol. The van der Waals surface area contributed by atoms with Crippen molar-refractivity contribution in [1.82, 2.24) is 21.4 Å². The van der Waals surface area contributed by atoms with Crippen molar-refractivity contribution in [2.75, 3.05) is 6.54 Å². The van der Waals surface area contributed by atoms with Gasteiger partial charge in [-0.15, -0.1) is 0 Å². The number of hydrogen-bond acceptors (Lipinski definition) is 7. The number of aryl methyl sites for hydroxylation is 1. The fraction of sp³-hybridized carbons (Fsp3) is 0.750. The number of nitrogens with one attached hydrogen (secondary N) is 5. The Morgan fingerprint density at radius 3 is 2.64 bits per heavy atom. The molecule has 6 atom stereocenters. The molecule has 3 saturated carbocycles. The molecule has 2 amide bonds. The number of carbonyl (C=O) groups excluding carboxylic acids is 2. The zero-order valence-electron chi connectivity index (χ0n) is 25.3. The highest BCUT2D eigenvalue weighted by Gasteiger charge is 2.68. The minimum Gasteiger partial charge on any atom is -0.469 e. The largest absolute Gasteiger partial charge is 0.481 e. The Bertz CT molecular complexity index is 1130. The zero-order valence-corrected chi connectivity index (χ0v) is 25.3. The molecule has 1 saturated heterocycles. The van der Waals surface area contributed by atoms with Crippen LogP contribution in [0.4, 0.5) is 0 Å². The maximum Gasteiger partial charge on any atom is 0.481 e. The molecule has 1 aromatic rings. The minimum absolute atomic E-state index is 0.0121. The fourth-order valence-corrected chi connectivity index (χ4v) is 6.98. The van der Waals surface area contributed by atoms with Gasteiger partial charge in [-0.3, -0.25) is 15.0 Å². The van der Waals surface area contributed by atoms with Crippen LogP contribution < -0.4 is 21.4 Å². The number of rotatable bonds is 14. The fourth-order valence-electron chi connectivity index (χ4n) is 6.98. The summed E-state index contributed by atoms with van der Waals surface area (Å²) in [6.45, 7) is 11.2. The summed E-state index contributed by atoms with van der Waals surface area (Å²) in [4.78, 5) is 37.2. The van der Waals surface area contributed by atoms with Crippen molar-refractivity contribution in [3.05, 3.63) is 29.1 Å². The third kappa shape index (κ3) is 7.26. The summed E-state index contributed by atoms with van der Waals surface area (Å²) in [7, 11) is -0.585. The van der Waals surface area contributed by atoms with E-state index in [2.05, 4.69) is 50.6 Å². The smallest absolute Gasteiger partial charge is 0.469 e. The van der Waals surface area contributed by atoms with E-state index in [1.165, 1.54) is 0 Å². The molecule has 232 valence electrons. The lowest BCUT2D eigenvalue weighted by Gasteiger charge is -2.64. The molecule has 2 bridgehead atoms. The molecule has 14 heteroatoms. The van der Waals surface area contributed by atoms with Crippen LogP contribution in [0.3, 0.4) is 0 Å². The first-order chi connectivity index (χ1) is 19.8. The SMILES string of the molecule is CC(C)C[C@H](NC(=O)[C@H](CCCNC(=N)N[N+](=O)O)NC(=O)CCc1ccco1)B1O[C@@H]2C[C@@H]3C[C@@H](C3(C)C)[C@]2(C)O1. The molecule has 13 nitrogen and oxygen atoms in total. The van der Waals surface area contributed by atoms with E-state index < -0.39 is 29.7 Å². The number of amides is 2. The van der Waals surface area contributed by atoms with Gasteiger partial charge in [0.25, 0.3) is 5.96 Å². The highest BCUT2D eigenvalue weighted by atomic mass is 16.7. The van der Waals surface area contributed by atoms with Crippen molar-refractivity contribution < 1.29 is 33.6 Å². The minimum atomic E-state index is -0.840. The molecule has 5 rings (SSSR count). The quantitative estimate of drug-likeness (QED) is 0.0625. The summed E-state index contributed by atoms with van der Waals surface area (Å²) in [5.74, 6) is 0.548. The summed E-state index contributed by atoms with van der Waals surface area (Å²) >= 11 is 0. The molecule has 1 aromatic heterocycles. The Morgan fingerprint density at radius 2 is 2.00 bits per heavy atom. The molecule has 4 fully saturated rings. The summed E-state index contributed by atoms with van der Waals surface area (Å²) in [5.41, 5.74) is 1.65. The number of nitrogens with zero attached hydrogens (tertiary/aromatic N) is 1. The molecule has 42 heavy (non-hydrogen) atoms. The molecule has 2 heterocycles. The van der Waals surface area contributed by atoms with Crippen molar-refractivity contribution in [3.63, 3.8) is 0 Å². The van der Waals surface area contributed by atoms with Gasteiger partial charge in [0.05, 0.1) is 23.9 Å². The maximum absolute atomic E-state index is 13.7. The van der Waals surface area contributed by atoms with Gasteiger partial charge in [0, 0.05) is 19.4 Å². The van der Waals surface area contributed by atoms with Gasteiger partial charge in [0.2, 0.25) is 11.8 Å². The number of furan rings is 1. The second kappa shape index (κ2) is 13.0. The van der Waals surface area contributed by atoms with E-state index >= 15 is 0 Å². The lowest BCUT2D eigenvalue weighted by atomic mass is 9.43. The van der Waals surface area contributed by atoms with Gasteiger partial charge >= 0.3 is 12.2 Å². The topological polar surface area (TPSA) is 178 Å². The Kier molecular flexibility index (Phi) is 9.86. The van der Waals surface area contributed by atoms with Gasteiger partial charge in [-0.25, -0.2) is 5.21 Å². The third-order valence-electron chi connectivity index (χ3n) is 9.36. The first-order valence-corrected chi connectivity index (χ1v) is 15.0. The van der Waals surface area contributed by atoms with Gasteiger partial charge in [0.15, 0.2) is 0 Å². The van der Waals surface area contributed by atoms with Gasteiger partial charge in [-0.05, 0) is 79.8 Å². The van der Waals surface area contributed by atoms with Crippen LogP contribution >= 0.6 is 0 Å². The number of hydrazine groups is 1. The van der Waals surface area contributed by atoms with E-state index in [0.29, 0.717) is 36.9 Å². The monoisotopic (exact) mass is 589 g/mol. The van der Waals surface area contributed by atoms with Gasteiger partial charge in [0.1, 0.15) is 16.7 Å². The Morgan fingerprint density at radius 1 is 1.24 bits per heavy atom. The molecule has 0 unspecified atom stereocenters. The van der Waals surface area contributed by atoms with E-state index in [-0.39, 0.29) is 54.6 Å². The maximum atomic E-state index is 13.7. The van der Waals surface area contributed by atoms with Crippen LogP contribution in [0.1, 0.15) is 78.9 Å². The molecule has 0 aromatic carbocycles. The standard InChI is InChI=1S/C28H45BN6O7/c1-17(2)14-23(29-41-22-16-18-15-21(27(18,3)4)28(22,5)42-29)33-25(37)20(9-6-12-31-26(30)34-35(38)39)32-24(36)11-10-19-8-7-13-40-19/h7-8,13,17-18,20-23H,6,9-12,14-16H2,1-5H3,(H5-,30,31,32,33,34,36,37,38,39)/p+1/t18-,20-,21-,22+,23-,28-/m0/s1. The van der Waals surface area contributed by atoms with Crippen molar-refractivity contribution in [2.45, 2.75) is 103 Å². The predicted molar refractivity (Wildman–Crippen MR) is 154 cm³/mol. The molecule has 0 spiro atoms. The summed E-state index contributed by atoms with van der Waals surface area (Å²) in [6, 6.07) is 2.71. The van der Waals surface area contributed by atoms with Crippen LogP contribution in [0.5, 0.6) is 0 Å².